The summed E-state index contributed by atoms with van der Waals surface area (Å²) in [7, 11) is 0. The Kier molecular flexibility index (Phi) is 9.60. The summed E-state index contributed by atoms with van der Waals surface area (Å²) in [5, 5.41) is 32.0. The third-order valence-corrected chi connectivity index (χ3v) is 7.47. The SMILES string of the molecule is CCOc1nc2cccc(C(=O)O)c2n1Cc1ccc(-c2ccccc2-c2nnn(C(C)OC(=O)Oc3cccc(CO[N+](=O)[O-])c3)n2)cc1. The van der Waals surface area contributed by atoms with Crippen LogP contribution < -0.4 is 9.47 Å². The summed E-state index contributed by atoms with van der Waals surface area (Å²) in [4.78, 5) is 44.9. The summed E-state index contributed by atoms with van der Waals surface area (Å²) in [5.41, 5.74) is 4.83. The van der Waals surface area contributed by atoms with Gasteiger partial charge in [0, 0.05) is 5.56 Å². The number of carbonyl (C=O) groups is 2. The quantitative estimate of drug-likeness (QED) is 0.0652. The van der Waals surface area contributed by atoms with E-state index < -0.39 is 23.4 Å². The minimum absolute atomic E-state index is 0.108. The number of rotatable bonds is 13. The summed E-state index contributed by atoms with van der Waals surface area (Å²) >= 11 is 0. The molecule has 1 N–H and O–H groups in total. The van der Waals surface area contributed by atoms with Crippen molar-refractivity contribution in [1.82, 2.24) is 29.8 Å². The van der Waals surface area contributed by atoms with Crippen molar-refractivity contribution in [3.63, 3.8) is 0 Å². The maximum atomic E-state index is 12.5. The smallest absolute Gasteiger partial charge is 0.478 e. The average molecular weight is 680 g/mol. The summed E-state index contributed by atoms with van der Waals surface area (Å²) < 4.78 is 18.0. The molecule has 0 aliphatic rings. The van der Waals surface area contributed by atoms with Crippen molar-refractivity contribution >= 4 is 23.2 Å². The third-order valence-electron chi connectivity index (χ3n) is 7.47. The molecule has 6 aromatic rings. The van der Waals surface area contributed by atoms with Crippen LogP contribution in [-0.2, 0) is 22.7 Å². The molecule has 6 rings (SSSR count). The van der Waals surface area contributed by atoms with E-state index in [-0.39, 0.29) is 17.9 Å². The van der Waals surface area contributed by atoms with Gasteiger partial charge in [0.15, 0.2) is 0 Å². The van der Waals surface area contributed by atoms with Gasteiger partial charge in [0.1, 0.15) is 12.4 Å². The molecule has 1 unspecified atom stereocenters. The number of hydrogen-bond donors (Lipinski definition) is 1. The lowest BCUT2D eigenvalue weighted by atomic mass is 9.98. The van der Waals surface area contributed by atoms with Gasteiger partial charge in [-0.15, -0.1) is 25.1 Å². The topological polar surface area (TPSA) is 196 Å². The Hall–Kier alpha value is -6.84. The van der Waals surface area contributed by atoms with E-state index in [0.29, 0.717) is 47.1 Å². The number of carboxylic acid groups (broad SMARTS) is 1. The second-order valence-electron chi connectivity index (χ2n) is 10.8. The van der Waals surface area contributed by atoms with Gasteiger partial charge < -0.3 is 24.2 Å². The molecule has 2 heterocycles. The molecule has 2 aromatic heterocycles. The number of benzene rings is 4. The van der Waals surface area contributed by atoms with Gasteiger partial charge in [0.25, 0.3) is 11.1 Å². The van der Waals surface area contributed by atoms with E-state index in [1.165, 1.54) is 12.1 Å². The molecule has 0 amide bonds. The van der Waals surface area contributed by atoms with Crippen LogP contribution in [-0.4, -0.2) is 58.7 Å². The Morgan fingerprint density at radius 2 is 1.72 bits per heavy atom. The van der Waals surface area contributed by atoms with Crippen molar-refractivity contribution < 1.29 is 38.8 Å². The second-order valence-corrected chi connectivity index (χ2v) is 10.8. The molecule has 0 aliphatic carbocycles. The van der Waals surface area contributed by atoms with Crippen LogP contribution in [0.1, 0.15) is 41.6 Å². The zero-order valence-corrected chi connectivity index (χ0v) is 26.7. The second kappa shape index (κ2) is 14.5. The fourth-order valence-electron chi connectivity index (χ4n) is 5.24. The van der Waals surface area contributed by atoms with E-state index >= 15 is 0 Å². The number of nitrogens with zero attached hydrogens (tertiary/aromatic N) is 7. The molecular formula is C34H29N7O9. The Morgan fingerprint density at radius 3 is 2.46 bits per heavy atom. The van der Waals surface area contributed by atoms with Gasteiger partial charge in [-0.3, -0.25) is 4.57 Å². The minimum atomic E-state index is -1.05. The first-order valence-corrected chi connectivity index (χ1v) is 15.3. The molecule has 0 aliphatic heterocycles. The number of carboxylic acids is 1. The number of ether oxygens (including phenoxy) is 3. The van der Waals surface area contributed by atoms with Crippen LogP contribution in [0.15, 0.2) is 91.0 Å². The monoisotopic (exact) mass is 679 g/mol. The molecule has 16 heteroatoms. The van der Waals surface area contributed by atoms with Crippen molar-refractivity contribution in [3.05, 3.63) is 118 Å². The summed E-state index contributed by atoms with van der Waals surface area (Å²) in [6.07, 6.45) is -2.03. The van der Waals surface area contributed by atoms with Gasteiger partial charge in [-0.25, -0.2) is 9.59 Å². The van der Waals surface area contributed by atoms with Crippen molar-refractivity contribution in [3.8, 4) is 34.3 Å². The highest BCUT2D eigenvalue weighted by atomic mass is 16.9. The third kappa shape index (κ3) is 7.33. The molecule has 0 bridgehead atoms. The number of imidazole rings is 1. The van der Waals surface area contributed by atoms with Crippen molar-refractivity contribution in [2.75, 3.05) is 6.61 Å². The van der Waals surface area contributed by atoms with E-state index in [4.69, 9.17) is 14.2 Å². The van der Waals surface area contributed by atoms with Gasteiger partial charge >= 0.3 is 12.1 Å². The normalized spacial score (nSPS) is 11.6. The van der Waals surface area contributed by atoms with E-state index in [9.17, 15) is 24.8 Å². The van der Waals surface area contributed by atoms with Gasteiger partial charge in [-0.05, 0) is 65.6 Å². The van der Waals surface area contributed by atoms with E-state index in [2.05, 4.69) is 25.2 Å². The molecule has 16 nitrogen and oxygen atoms in total. The van der Waals surface area contributed by atoms with Gasteiger partial charge in [-0.2, -0.15) is 4.98 Å². The lowest BCUT2D eigenvalue weighted by Gasteiger charge is -2.12. The molecule has 0 radical (unpaired) electrons. The molecule has 254 valence electrons. The predicted octanol–water partition coefficient (Wildman–Crippen LogP) is 5.94. The number of aromatic carboxylic acids is 1. The molecule has 0 spiro atoms. The lowest BCUT2D eigenvalue weighted by Crippen LogP contribution is -2.19. The summed E-state index contributed by atoms with van der Waals surface area (Å²) in [5.74, 6) is -0.653. The van der Waals surface area contributed by atoms with Gasteiger partial charge in [0.05, 0.1) is 29.7 Å². The average Bonchev–Trinajstić information content (AvgIpc) is 3.73. The van der Waals surface area contributed by atoms with Crippen LogP contribution in [0.4, 0.5) is 4.79 Å². The molecule has 0 saturated heterocycles. The number of carbonyl (C=O) groups excluding carboxylic acids is 1. The Balaban J connectivity index is 1.17. The predicted molar refractivity (Wildman–Crippen MR) is 176 cm³/mol. The van der Waals surface area contributed by atoms with Crippen LogP contribution in [0.3, 0.4) is 0 Å². The summed E-state index contributed by atoms with van der Waals surface area (Å²) in [6.45, 7) is 3.77. The Morgan fingerprint density at radius 1 is 0.960 bits per heavy atom. The number of para-hydroxylation sites is 1. The van der Waals surface area contributed by atoms with Crippen LogP contribution >= 0.6 is 0 Å². The van der Waals surface area contributed by atoms with Crippen molar-refractivity contribution in [2.24, 2.45) is 0 Å². The fraction of sp³-hybridized carbons (Fsp3) is 0.176. The number of aromatic nitrogens is 6. The zero-order valence-electron chi connectivity index (χ0n) is 26.7. The van der Waals surface area contributed by atoms with Crippen LogP contribution in [0.25, 0.3) is 33.5 Å². The Bertz CT molecular complexity index is 2180. The zero-order chi connectivity index (χ0) is 35.2. The molecule has 0 saturated carbocycles. The van der Waals surface area contributed by atoms with Crippen LogP contribution in [0.5, 0.6) is 11.8 Å². The summed E-state index contributed by atoms with van der Waals surface area (Å²) in [6, 6.07) is 26.6. The van der Waals surface area contributed by atoms with E-state index in [1.54, 1.807) is 41.8 Å². The van der Waals surface area contributed by atoms with Gasteiger partial charge in [-0.1, -0.05) is 66.7 Å². The largest absolute Gasteiger partial charge is 0.515 e. The molecular weight excluding hydrogens is 650 g/mol. The number of hydrogen-bond acceptors (Lipinski definition) is 12. The highest BCUT2D eigenvalue weighted by Crippen LogP contribution is 2.31. The highest BCUT2D eigenvalue weighted by molar-refractivity contribution is 6.01. The molecule has 50 heavy (non-hydrogen) atoms. The molecule has 4 aromatic carbocycles. The van der Waals surface area contributed by atoms with Gasteiger partial charge in [0.2, 0.25) is 12.1 Å². The first-order chi connectivity index (χ1) is 24.2. The maximum absolute atomic E-state index is 12.5. The minimum Gasteiger partial charge on any atom is -0.478 e. The number of tetrazole rings is 1. The standard InChI is InChI=1S/C34H29N7O9/c1-3-47-33-35-29-13-7-12-28(32(42)43)30(29)39(33)19-22-14-16-24(17-15-22)26-10-4-5-11-27(26)31-36-38-40(37-31)21(2)49-34(44)50-25-9-6-8-23(18-25)20-48-41(45)46/h4-18,21H,3,19-20H2,1-2H3,(H,42,43). The van der Waals surface area contributed by atoms with Crippen LogP contribution in [0.2, 0.25) is 0 Å². The van der Waals surface area contributed by atoms with Crippen molar-refractivity contribution in [1.29, 1.82) is 0 Å². The first-order valence-electron chi connectivity index (χ1n) is 15.3. The van der Waals surface area contributed by atoms with E-state index in [0.717, 1.165) is 21.5 Å². The van der Waals surface area contributed by atoms with Crippen LogP contribution in [0, 0.1) is 10.1 Å². The Labute approximate surface area is 283 Å². The first kappa shape index (κ1) is 33.1. The van der Waals surface area contributed by atoms with E-state index in [1.807, 2.05) is 55.5 Å². The molecule has 0 fully saturated rings. The maximum Gasteiger partial charge on any atom is 0.515 e. The highest BCUT2D eigenvalue weighted by Gasteiger charge is 2.21. The lowest BCUT2D eigenvalue weighted by molar-refractivity contribution is -0.763. The molecule has 1 atom stereocenters. The fourth-order valence-corrected chi connectivity index (χ4v) is 5.24. The van der Waals surface area contributed by atoms with Crippen molar-refractivity contribution in [2.45, 2.75) is 33.2 Å². The number of fused-ring (bicyclic) bond motifs is 1.